The summed E-state index contributed by atoms with van der Waals surface area (Å²) in [5.74, 6) is 0.968. The highest BCUT2D eigenvalue weighted by molar-refractivity contribution is 14.0. The predicted molar refractivity (Wildman–Crippen MR) is 105 cm³/mol. The smallest absolute Gasteiger partial charge is 0.193 e. The van der Waals surface area contributed by atoms with Crippen LogP contribution >= 0.6 is 24.0 Å². The van der Waals surface area contributed by atoms with Gasteiger partial charge in [-0.2, -0.15) is 0 Å². The van der Waals surface area contributed by atoms with E-state index < -0.39 is 0 Å². The Morgan fingerprint density at radius 3 is 2.45 bits per heavy atom. The summed E-state index contributed by atoms with van der Waals surface area (Å²) in [6.07, 6.45) is 4.09. The van der Waals surface area contributed by atoms with Gasteiger partial charge in [0.2, 0.25) is 0 Å². The number of hydrogen-bond acceptors (Lipinski definition) is 2. The zero-order valence-corrected chi connectivity index (χ0v) is 16.1. The molecule has 1 saturated heterocycles. The summed E-state index contributed by atoms with van der Waals surface area (Å²) in [6, 6.07) is 10.4. The number of likely N-dealkylation sites (tertiary alicyclic amines) is 1. The Kier molecular flexibility index (Phi) is 9.47. The van der Waals surface area contributed by atoms with E-state index >= 15 is 0 Å². The summed E-state index contributed by atoms with van der Waals surface area (Å²) in [4.78, 5) is 9.29. The Morgan fingerprint density at radius 1 is 1.14 bits per heavy atom. The highest BCUT2D eigenvalue weighted by Gasteiger charge is 2.09. The monoisotopic (exact) mass is 416 g/mol. The zero-order chi connectivity index (χ0) is 14.9. The van der Waals surface area contributed by atoms with Crippen molar-refractivity contribution in [3.8, 4) is 0 Å². The van der Waals surface area contributed by atoms with Crippen LogP contribution in [0.4, 0.5) is 0 Å². The van der Waals surface area contributed by atoms with Crippen LogP contribution < -0.4 is 5.32 Å². The molecule has 1 aromatic rings. The van der Waals surface area contributed by atoms with E-state index in [0.29, 0.717) is 0 Å². The van der Waals surface area contributed by atoms with Crippen LogP contribution in [0, 0.1) is 0 Å². The first-order valence-corrected chi connectivity index (χ1v) is 7.97. The molecule has 1 fully saturated rings. The van der Waals surface area contributed by atoms with Crippen molar-refractivity contribution in [1.82, 2.24) is 15.1 Å². The highest BCUT2D eigenvalue weighted by Crippen LogP contribution is 2.07. The first kappa shape index (κ1) is 19.2. The minimum absolute atomic E-state index is 0. The maximum Gasteiger partial charge on any atom is 0.193 e. The lowest BCUT2D eigenvalue weighted by molar-refractivity contribution is 0.232. The quantitative estimate of drug-likeness (QED) is 0.455. The molecule has 1 aliphatic rings. The second kappa shape index (κ2) is 10.8. The van der Waals surface area contributed by atoms with Crippen LogP contribution in [-0.2, 0) is 6.54 Å². The van der Waals surface area contributed by atoms with Gasteiger partial charge in [-0.15, -0.1) is 24.0 Å². The fourth-order valence-electron chi connectivity index (χ4n) is 2.61. The molecule has 0 unspecified atom stereocenters. The van der Waals surface area contributed by atoms with Crippen molar-refractivity contribution in [2.24, 2.45) is 4.99 Å². The minimum atomic E-state index is 0. The SMILES string of the molecule is CN(C)C(=NCc1ccccc1)NCCN1CCCCC1.I. The molecule has 1 N–H and O–H groups in total. The Morgan fingerprint density at radius 2 is 1.82 bits per heavy atom. The minimum Gasteiger partial charge on any atom is -0.355 e. The molecule has 0 radical (unpaired) electrons. The summed E-state index contributed by atoms with van der Waals surface area (Å²) in [5.41, 5.74) is 1.25. The number of nitrogens with one attached hydrogen (secondary N) is 1. The molecule has 124 valence electrons. The van der Waals surface area contributed by atoms with Crippen LogP contribution in [0.25, 0.3) is 0 Å². The highest BCUT2D eigenvalue weighted by atomic mass is 127. The van der Waals surface area contributed by atoms with Crippen molar-refractivity contribution in [2.45, 2.75) is 25.8 Å². The molecule has 0 saturated carbocycles. The maximum absolute atomic E-state index is 4.69. The van der Waals surface area contributed by atoms with Crippen LogP contribution in [-0.4, -0.2) is 56.0 Å². The lowest BCUT2D eigenvalue weighted by Gasteiger charge is -2.27. The van der Waals surface area contributed by atoms with Crippen molar-refractivity contribution in [3.63, 3.8) is 0 Å². The van der Waals surface area contributed by atoms with E-state index in [1.165, 1.54) is 37.9 Å². The summed E-state index contributed by atoms with van der Waals surface area (Å²) in [5, 5.41) is 3.47. The van der Waals surface area contributed by atoms with Crippen LogP contribution in [0.1, 0.15) is 24.8 Å². The summed E-state index contributed by atoms with van der Waals surface area (Å²) < 4.78 is 0. The molecule has 0 aromatic heterocycles. The second-order valence-corrected chi connectivity index (χ2v) is 5.85. The number of nitrogens with zero attached hydrogens (tertiary/aromatic N) is 3. The molecule has 4 nitrogen and oxygen atoms in total. The summed E-state index contributed by atoms with van der Waals surface area (Å²) >= 11 is 0. The third-order valence-corrected chi connectivity index (χ3v) is 3.84. The molecule has 0 bridgehead atoms. The molecule has 0 spiro atoms. The van der Waals surface area contributed by atoms with Gasteiger partial charge in [-0.1, -0.05) is 36.8 Å². The first-order valence-electron chi connectivity index (χ1n) is 7.97. The van der Waals surface area contributed by atoms with Gasteiger partial charge in [-0.3, -0.25) is 0 Å². The number of hydrogen-bond donors (Lipinski definition) is 1. The van der Waals surface area contributed by atoms with Crippen molar-refractivity contribution in [2.75, 3.05) is 40.3 Å². The summed E-state index contributed by atoms with van der Waals surface area (Å²) in [7, 11) is 4.08. The van der Waals surface area contributed by atoms with E-state index in [2.05, 4.69) is 44.4 Å². The number of guanidine groups is 1. The number of aliphatic imine (C=N–C) groups is 1. The van der Waals surface area contributed by atoms with Gasteiger partial charge >= 0.3 is 0 Å². The lowest BCUT2D eigenvalue weighted by Crippen LogP contribution is -2.42. The number of benzene rings is 1. The number of rotatable bonds is 5. The standard InChI is InChI=1S/C17H28N4.HI/c1-20(2)17(19-15-16-9-5-3-6-10-16)18-11-14-21-12-7-4-8-13-21;/h3,5-6,9-10H,4,7-8,11-15H2,1-2H3,(H,18,19);1H. The average Bonchev–Trinajstić information content (AvgIpc) is 2.52. The van der Waals surface area contributed by atoms with Gasteiger partial charge in [-0.05, 0) is 31.5 Å². The molecule has 1 aromatic carbocycles. The van der Waals surface area contributed by atoms with Gasteiger partial charge in [0.25, 0.3) is 0 Å². The average molecular weight is 416 g/mol. The molecule has 0 atom stereocenters. The van der Waals surface area contributed by atoms with Gasteiger partial charge in [-0.25, -0.2) is 4.99 Å². The summed E-state index contributed by atoms with van der Waals surface area (Å²) in [6.45, 7) is 5.30. The van der Waals surface area contributed by atoms with Crippen molar-refractivity contribution in [3.05, 3.63) is 35.9 Å². The number of halogens is 1. The van der Waals surface area contributed by atoms with E-state index in [1.54, 1.807) is 0 Å². The predicted octanol–water partition coefficient (Wildman–Crippen LogP) is 2.80. The topological polar surface area (TPSA) is 30.9 Å². The van der Waals surface area contributed by atoms with E-state index in [0.717, 1.165) is 25.6 Å². The Bertz CT molecular complexity index is 428. The second-order valence-electron chi connectivity index (χ2n) is 5.85. The molecule has 2 rings (SSSR count). The normalized spacial score (nSPS) is 16.0. The Hall–Kier alpha value is -0.820. The molecule has 22 heavy (non-hydrogen) atoms. The molecular formula is C17H29IN4. The number of piperidine rings is 1. The molecule has 1 heterocycles. The fourth-order valence-corrected chi connectivity index (χ4v) is 2.61. The van der Waals surface area contributed by atoms with Crippen LogP contribution in [0.2, 0.25) is 0 Å². The van der Waals surface area contributed by atoms with Crippen molar-refractivity contribution in [1.29, 1.82) is 0 Å². The zero-order valence-electron chi connectivity index (χ0n) is 13.8. The molecule has 1 aliphatic heterocycles. The third kappa shape index (κ3) is 6.96. The molecule has 5 heteroatoms. The van der Waals surface area contributed by atoms with E-state index in [9.17, 15) is 0 Å². The van der Waals surface area contributed by atoms with Gasteiger partial charge in [0.05, 0.1) is 6.54 Å². The molecule has 0 amide bonds. The van der Waals surface area contributed by atoms with E-state index in [1.807, 2.05) is 20.2 Å². The Balaban J connectivity index is 0.00000242. The van der Waals surface area contributed by atoms with Crippen molar-refractivity contribution < 1.29 is 0 Å². The first-order chi connectivity index (χ1) is 10.3. The van der Waals surface area contributed by atoms with Gasteiger partial charge in [0.1, 0.15) is 0 Å². The van der Waals surface area contributed by atoms with Crippen LogP contribution in [0.3, 0.4) is 0 Å². The maximum atomic E-state index is 4.69. The largest absolute Gasteiger partial charge is 0.355 e. The molecular weight excluding hydrogens is 387 g/mol. The van der Waals surface area contributed by atoms with E-state index in [-0.39, 0.29) is 24.0 Å². The lowest BCUT2D eigenvalue weighted by atomic mass is 10.1. The molecule has 0 aliphatic carbocycles. The van der Waals surface area contributed by atoms with Crippen LogP contribution in [0.15, 0.2) is 35.3 Å². The Labute approximate surface area is 152 Å². The van der Waals surface area contributed by atoms with Gasteiger partial charge < -0.3 is 15.1 Å². The van der Waals surface area contributed by atoms with Gasteiger partial charge in [0, 0.05) is 27.2 Å². The fraction of sp³-hybridized carbons (Fsp3) is 0.588. The van der Waals surface area contributed by atoms with Crippen molar-refractivity contribution >= 4 is 29.9 Å². The van der Waals surface area contributed by atoms with E-state index in [4.69, 9.17) is 0 Å². The van der Waals surface area contributed by atoms with Gasteiger partial charge in [0.15, 0.2) is 5.96 Å². The third-order valence-electron chi connectivity index (χ3n) is 3.84. The van der Waals surface area contributed by atoms with Crippen LogP contribution in [0.5, 0.6) is 0 Å².